The first-order valence-corrected chi connectivity index (χ1v) is 7.68. The second kappa shape index (κ2) is 10.2. The summed E-state index contributed by atoms with van der Waals surface area (Å²) in [6.45, 7) is 5.47. The highest BCUT2D eigenvalue weighted by atomic mass is 79.9. The van der Waals surface area contributed by atoms with Gasteiger partial charge in [-0.1, -0.05) is 6.07 Å². The van der Waals surface area contributed by atoms with E-state index in [9.17, 15) is 0 Å². The van der Waals surface area contributed by atoms with Gasteiger partial charge in [0, 0.05) is 13.7 Å². The molecule has 0 aliphatic carbocycles. The van der Waals surface area contributed by atoms with Crippen molar-refractivity contribution in [2.75, 3.05) is 33.4 Å². The Balaban J connectivity index is 2.20. The molecular formula is C15H24BrNO2. The molecule has 0 radical (unpaired) electrons. The smallest absolute Gasteiger partial charge is 0.133 e. The quantitative estimate of drug-likeness (QED) is 0.667. The Kier molecular flexibility index (Phi) is 8.88. The van der Waals surface area contributed by atoms with E-state index in [0.29, 0.717) is 6.61 Å². The van der Waals surface area contributed by atoms with Crippen LogP contribution < -0.4 is 10.1 Å². The molecule has 0 atom stereocenters. The lowest BCUT2D eigenvalue weighted by molar-refractivity contribution is 0.199. The van der Waals surface area contributed by atoms with Gasteiger partial charge >= 0.3 is 0 Å². The van der Waals surface area contributed by atoms with E-state index in [-0.39, 0.29) is 0 Å². The molecule has 4 heteroatoms. The lowest BCUT2D eigenvalue weighted by Gasteiger charge is -2.08. The number of unbranched alkanes of at least 4 members (excludes halogenated alkanes) is 1. The van der Waals surface area contributed by atoms with E-state index in [1.807, 2.05) is 13.0 Å². The first kappa shape index (κ1) is 16.5. The maximum absolute atomic E-state index is 5.50. The summed E-state index contributed by atoms with van der Waals surface area (Å²) in [6, 6.07) is 6.34. The zero-order valence-electron chi connectivity index (χ0n) is 11.9. The summed E-state index contributed by atoms with van der Waals surface area (Å²) in [6.07, 6.45) is 3.49. The summed E-state index contributed by atoms with van der Waals surface area (Å²) < 4.78 is 11.5. The van der Waals surface area contributed by atoms with Gasteiger partial charge in [0.1, 0.15) is 5.75 Å². The number of hydrogen-bond donors (Lipinski definition) is 1. The predicted molar refractivity (Wildman–Crippen MR) is 83.0 cm³/mol. The minimum Gasteiger partial charge on any atom is -0.493 e. The number of methoxy groups -OCH3 is 1. The van der Waals surface area contributed by atoms with Gasteiger partial charge < -0.3 is 14.8 Å². The summed E-state index contributed by atoms with van der Waals surface area (Å²) >= 11 is 3.55. The number of hydrogen-bond acceptors (Lipinski definition) is 3. The van der Waals surface area contributed by atoms with Crippen molar-refractivity contribution in [2.24, 2.45) is 0 Å². The van der Waals surface area contributed by atoms with Crippen LogP contribution in [0.15, 0.2) is 22.7 Å². The van der Waals surface area contributed by atoms with Crippen molar-refractivity contribution in [1.29, 1.82) is 0 Å². The van der Waals surface area contributed by atoms with Gasteiger partial charge in [0.25, 0.3) is 0 Å². The van der Waals surface area contributed by atoms with Gasteiger partial charge in [-0.2, -0.15) is 0 Å². The average molecular weight is 330 g/mol. The van der Waals surface area contributed by atoms with Crippen molar-refractivity contribution >= 4 is 15.9 Å². The lowest BCUT2D eigenvalue weighted by Crippen LogP contribution is -2.20. The number of halogens is 1. The zero-order valence-corrected chi connectivity index (χ0v) is 13.5. The van der Waals surface area contributed by atoms with E-state index in [4.69, 9.17) is 9.47 Å². The van der Waals surface area contributed by atoms with Crippen molar-refractivity contribution in [2.45, 2.75) is 26.2 Å². The zero-order chi connectivity index (χ0) is 13.9. The van der Waals surface area contributed by atoms with E-state index in [2.05, 4.69) is 33.4 Å². The van der Waals surface area contributed by atoms with E-state index in [1.54, 1.807) is 7.11 Å². The van der Waals surface area contributed by atoms with Crippen LogP contribution in [0.5, 0.6) is 5.75 Å². The van der Waals surface area contributed by atoms with Gasteiger partial charge in [0.15, 0.2) is 0 Å². The van der Waals surface area contributed by atoms with Crippen molar-refractivity contribution in [3.05, 3.63) is 28.2 Å². The third kappa shape index (κ3) is 6.95. The molecule has 1 rings (SSSR count). The lowest BCUT2D eigenvalue weighted by atomic mass is 10.1. The van der Waals surface area contributed by atoms with E-state index < -0.39 is 0 Å². The maximum Gasteiger partial charge on any atom is 0.133 e. The SMILES string of the molecule is CCOc1ccc(CCCCNCCOC)cc1Br. The molecule has 0 amide bonds. The van der Waals surface area contributed by atoms with Gasteiger partial charge in [0.2, 0.25) is 0 Å². The third-order valence-electron chi connectivity index (χ3n) is 2.85. The van der Waals surface area contributed by atoms with Crippen molar-refractivity contribution in [1.82, 2.24) is 5.32 Å². The Labute approximate surface area is 124 Å². The number of ether oxygens (including phenoxy) is 2. The average Bonchev–Trinajstić information content (AvgIpc) is 2.41. The van der Waals surface area contributed by atoms with Crippen LogP contribution in [0, 0.1) is 0 Å². The summed E-state index contributed by atoms with van der Waals surface area (Å²) in [7, 11) is 1.73. The number of aryl methyl sites for hydroxylation is 1. The Morgan fingerprint density at radius 3 is 2.74 bits per heavy atom. The summed E-state index contributed by atoms with van der Waals surface area (Å²) in [5, 5.41) is 3.36. The highest BCUT2D eigenvalue weighted by Crippen LogP contribution is 2.26. The summed E-state index contributed by atoms with van der Waals surface area (Å²) in [5.74, 6) is 0.924. The summed E-state index contributed by atoms with van der Waals surface area (Å²) in [5.41, 5.74) is 1.35. The van der Waals surface area contributed by atoms with Gasteiger partial charge in [-0.25, -0.2) is 0 Å². The molecular weight excluding hydrogens is 306 g/mol. The summed E-state index contributed by atoms with van der Waals surface area (Å²) in [4.78, 5) is 0. The molecule has 0 aliphatic heterocycles. The highest BCUT2D eigenvalue weighted by Gasteiger charge is 2.02. The van der Waals surface area contributed by atoms with Crippen LogP contribution in [0.2, 0.25) is 0 Å². The number of nitrogens with one attached hydrogen (secondary N) is 1. The third-order valence-corrected chi connectivity index (χ3v) is 3.47. The fourth-order valence-corrected chi connectivity index (χ4v) is 2.39. The van der Waals surface area contributed by atoms with Gasteiger partial charge in [-0.05, 0) is 66.4 Å². The van der Waals surface area contributed by atoms with Crippen molar-refractivity contribution in [3.63, 3.8) is 0 Å². The minimum atomic E-state index is 0.699. The van der Waals surface area contributed by atoms with E-state index >= 15 is 0 Å². The largest absolute Gasteiger partial charge is 0.493 e. The van der Waals surface area contributed by atoms with Crippen LogP contribution >= 0.6 is 15.9 Å². The molecule has 0 fully saturated rings. The van der Waals surface area contributed by atoms with Crippen LogP contribution in [0.25, 0.3) is 0 Å². The molecule has 1 N–H and O–H groups in total. The Morgan fingerprint density at radius 1 is 1.21 bits per heavy atom. The van der Waals surface area contributed by atoms with E-state index in [0.717, 1.165) is 36.3 Å². The Bertz CT molecular complexity index is 358. The molecule has 0 saturated carbocycles. The monoisotopic (exact) mass is 329 g/mol. The predicted octanol–water partition coefficient (Wildman–Crippen LogP) is 3.41. The van der Waals surface area contributed by atoms with Gasteiger partial charge in [-0.15, -0.1) is 0 Å². The molecule has 108 valence electrons. The molecule has 0 bridgehead atoms. The fourth-order valence-electron chi connectivity index (χ4n) is 1.85. The second-order valence-corrected chi connectivity index (χ2v) is 5.25. The molecule has 0 spiro atoms. The molecule has 19 heavy (non-hydrogen) atoms. The highest BCUT2D eigenvalue weighted by molar-refractivity contribution is 9.10. The fraction of sp³-hybridized carbons (Fsp3) is 0.600. The molecule has 0 unspecified atom stereocenters. The molecule has 0 aromatic heterocycles. The first-order valence-electron chi connectivity index (χ1n) is 6.88. The molecule has 0 saturated heterocycles. The topological polar surface area (TPSA) is 30.5 Å². The number of rotatable bonds is 10. The maximum atomic E-state index is 5.50. The van der Waals surface area contributed by atoms with Crippen LogP contribution in [0.4, 0.5) is 0 Å². The Morgan fingerprint density at radius 2 is 2.05 bits per heavy atom. The van der Waals surface area contributed by atoms with Crippen LogP contribution in [0.3, 0.4) is 0 Å². The second-order valence-electron chi connectivity index (χ2n) is 4.40. The standard InChI is InChI=1S/C15H24BrNO2/c1-3-19-15-8-7-13(12-14(15)16)6-4-5-9-17-10-11-18-2/h7-8,12,17H,3-6,9-11H2,1-2H3. The van der Waals surface area contributed by atoms with Crippen LogP contribution in [-0.2, 0) is 11.2 Å². The van der Waals surface area contributed by atoms with Gasteiger partial charge in [0.05, 0.1) is 17.7 Å². The van der Waals surface area contributed by atoms with Crippen molar-refractivity contribution < 1.29 is 9.47 Å². The van der Waals surface area contributed by atoms with Gasteiger partial charge in [-0.3, -0.25) is 0 Å². The molecule has 1 aromatic rings. The first-order chi connectivity index (χ1) is 9.27. The molecule has 1 aromatic carbocycles. The van der Waals surface area contributed by atoms with Crippen molar-refractivity contribution in [3.8, 4) is 5.75 Å². The van der Waals surface area contributed by atoms with Crippen LogP contribution in [0.1, 0.15) is 25.3 Å². The normalized spacial score (nSPS) is 10.7. The minimum absolute atomic E-state index is 0.699. The Hall–Kier alpha value is -0.580. The molecule has 3 nitrogen and oxygen atoms in total. The van der Waals surface area contributed by atoms with E-state index in [1.165, 1.54) is 18.4 Å². The molecule has 0 heterocycles. The molecule has 0 aliphatic rings. The number of benzene rings is 1. The van der Waals surface area contributed by atoms with Crippen LogP contribution in [-0.4, -0.2) is 33.4 Å².